The van der Waals surface area contributed by atoms with Crippen LogP contribution in [-0.2, 0) is 14.4 Å². The van der Waals surface area contributed by atoms with Crippen molar-refractivity contribution >= 4 is 52.5 Å². The fraction of sp³-hybridized carbons (Fsp3) is 0.286. The van der Waals surface area contributed by atoms with E-state index in [0.717, 1.165) is 17.7 Å². The Labute approximate surface area is 178 Å². The number of nitrogens with one attached hydrogen (secondary N) is 1. The van der Waals surface area contributed by atoms with E-state index in [1.165, 1.54) is 16.7 Å². The monoisotopic (exact) mass is 429 g/mol. The molecule has 1 saturated heterocycles. The normalized spacial score (nSPS) is 18.5. The molecule has 0 aromatic heterocycles. The van der Waals surface area contributed by atoms with Crippen molar-refractivity contribution < 1.29 is 14.4 Å². The predicted molar refractivity (Wildman–Crippen MR) is 114 cm³/mol. The lowest BCUT2D eigenvalue weighted by atomic mass is 10.2. The summed E-state index contributed by atoms with van der Waals surface area (Å²) in [5, 5.41) is 2.49. The third-order valence-corrected chi connectivity index (χ3v) is 6.45. The molecule has 0 spiro atoms. The topological polar surface area (TPSA) is 69.7 Å². The molecule has 2 aromatic carbocycles. The van der Waals surface area contributed by atoms with Gasteiger partial charge in [0.05, 0.1) is 5.69 Å². The number of likely N-dealkylation sites (tertiary alicyclic amines) is 1. The lowest BCUT2D eigenvalue weighted by molar-refractivity contribution is -0.134. The molecular weight excluding hydrogens is 410 g/mol. The Morgan fingerprint density at radius 1 is 1.07 bits per heavy atom. The van der Waals surface area contributed by atoms with E-state index in [9.17, 15) is 14.4 Å². The molecule has 29 heavy (non-hydrogen) atoms. The standard InChI is InChI=1S/C21H20ClN3O3S/c22-14-7-9-15(10-8-14)23-18(26)13-25-16-5-1-2-6-17(16)29-19(21(25)28)20(27)24-11-3-4-12-24/h1-2,5-10,19H,3-4,11-13H2,(H,23,26)/t19-/m0/s1. The van der Waals surface area contributed by atoms with E-state index in [2.05, 4.69) is 5.32 Å². The molecule has 2 aliphatic heterocycles. The molecule has 0 unspecified atom stereocenters. The van der Waals surface area contributed by atoms with Crippen molar-refractivity contribution in [2.75, 3.05) is 29.9 Å². The molecule has 150 valence electrons. The van der Waals surface area contributed by atoms with Crippen LogP contribution in [0.25, 0.3) is 0 Å². The summed E-state index contributed by atoms with van der Waals surface area (Å²) in [7, 11) is 0. The quantitative estimate of drug-likeness (QED) is 0.756. The van der Waals surface area contributed by atoms with E-state index in [-0.39, 0.29) is 24.3 Å². The zero-order valence-electron chi connectivity index (χ0n) is 15.6. The summed E-state index contributed by atoms with van der Waals surface area (Å²) in [5.41, 5.74) is 1.25. The van der Waals surface area contributed by atoms with Crippen molar-refractivity contribution in [3.63, 3.8) is 0 Å². The van der Waals surface area contributed by atoms with E-state index in [1.54, 1.807) is 35.2 Å². The molecule has 0 radical (unpaired) electrons. The van der Waals surface area contributed by atoms with E-state index in [1.807, 2.05) is 18.2 Å². The molecule has 2 heterocycles. The molecule has 8 heteroatoms. The predicted octanol–water partition coefficient (Wildman–Crippen LogP) is 3.41. The van der Waals surface area contributed by atoms with Crippen LogP contribution in [0.15, 0.2) is 53.4 Å². The first kappa shape index (κ1) is 19.8. The molecule has 4 rings (SSSR count). The number of rotatable bonds is 4. The Morgan fingerprint density at radius 2 is 1.76 bits per heavy atom. The zero-order chi connectivity index (χ0) is 20.4. The second-order valence-corrected chi connectivity index (χ2v) is 8.56. The third kappa shape index (κ3) is 4.26. The van der Waals surface area contributed by atoms with Gasteiger partial charge in [-0.05, 0) is 49.2 Å². The number of hydrogen-bond donors (Lipinski definition) is 1. The first-order chi connectivity index (χ1) is 14.0. The smallest absolute Gasteiger partial charge is 0.250 e. The Morgan fingerprint density at radius 3 is 2.48 bits per heavy atom. The van der Waals surface area contributed by atoms with Gasteiger partial charge in [-0.3, -0.25) is 14.4 Å². The van der Waals surface area contributed by atoms with Crippen molar-refractivity contribution in [2.24, 2.45) is 0 Å². The van der Waals surface area contributed by atoms with E-state index < -0.39 is 5.25 Å². The number of fused-ring (bicyclic) bond motifs is 1. The number of nitrogens with zero attached hydrogens (tertiary/aromatic N) is 2. The van der Waals surface area contributed by atoms with E-state index >= 15 is 0 Å². The first-order valence-corrected chi connectivity index (χ1v) is 10.7. The molecule has 0 aliphatic carbocycles. The largest absolute Gasteiger partial charge is 0.341 e. The highest BCUT2D eigenvalue weighted by Crippen LogP contribution is 2.40. The molecule has 1 atom stereocenters. The minimum Gasteiger partial charge on any atom is -0.341 e. The zero-order valence-corrected chi connectivity index (χ0v) is 17.2. The van der Waals surface area contributed by atoms with Gasteiger partial charge in [-0.1, -0.05) is 23.7 Å². The maximum Gasteiger partial charge on any atom is 0.250 e. The number of carbonyl (C=O) groups is 3. The Kier molecular flexibility index (Phi) is 5.78. The summed E-state index contributed by atoms with van der Waals surface area (Å²) in [4.78, 5) is 42.7. The SMILES string of the molecule is O=C(CN1C(=O)[C@H](C(=O)N2CCCC2)Sc2ccccc21)Nc1ccc(Cl)cc1. The number of thioether (sulfide) groups is 1. The number of halogens is 1. The van der Waals surface area contributed by atoms with Crippen LogP contribution < -0.4 is 10.2 Å². The van der Waals surface area contributed by atoms with Crippen molar-refractivity contribution in [3.05, 3.63) is 53.6 Å². The molecular formula is C21H20ClN3O3S. The summed E-state index contributed by atoms with van der Waals surface area (Å²) in [6, 6.07) is 14.1. The van der Waals surface area contributed by atoms with Gasteiger partial charge in [0.2, 0.25) is 11.8 Å². The number of benzene rings is 2. The van der Waals surface area contributed by atoms with E-state index in [4.69, 9.17) is 11.6 Å². The van der Waals surface area contributed by atoms with Crippen molar-refractivity contribution in [3.8, 4) is 0 Å². The lowest BCUT2D eigenvalue weighted by Gasteiger charge is -2.34. The fourth-order valence-corrected chi connectivity index (χ4v) is 4.83. The van der Waals surface area contributed by atoms with Crippen molar-refractivity contribution in [1.29, 1.82) is 0 Å². The van der Waals surface area contributed by atoms with Gasteiger partial charge in [-0.2, -0.15) is 0 Å². The average molecular weight is 430 g/mol. The molecule has 3 amide bonds. The van der Waals surface area contributed by atoms with Crippen LogP contribution in [0.1, 0.15) is 12.8 Å². The molecule has 1 fully saturated rings. The Hall–Kier alpha value is -2.51. The van der Waals surface area contributed by atoms with Gasteiger partial charge in [0.15, 0.2) is 5.25 Å². The maximum atomic E-state index is 13.2. The summed E-state index contributed by atoms with van der Waals surface area (Å²) in [5.74, 6) is -0.860. The fourth-order valence-electron chi connectivity index (χ4n) is 3.52. The van der Waals surface area contributed by atoms with Crippen LogP contribution in [0.5, 0.6) is 0 Å². The highest BCUT2D eigenvalue weighted by atomic mass is 35.5. The molecule has 0 bridgehead atoms. The van der Waals surface area contributed by atoms with Gasteiger partial charge in [0.25, 0.3) is 5.91 Å². The van der Waals surface area contributed by atoms with Crippen LogP contribution in [0.2, 0.25) is 5.02 Å². The van der Waals surface area contributed by atoms with Crippen LogP contribution in [0.3, 0.4) is 0 Å². The van der Waals surface area contributed by atoms with Gasteiger partial charge in [0.1, 0.15) is 6.54 Å². The van der Waals surface area contributed by atoms with Gasteiger partial charge < -0.3 is 15.1 Å². The molecule has 2 aliphatic rings. The summed E-state index contributed by atoms with van der Waals surface area (Å²) in [6.07, 6.45) is 1.92. The summed E-state index contributed by atoms with van der Waals surface area (Å²) >= 11 is 7.14. The summed E-state index contributed by atoms with van der Waals surface area (Å²) < 4.78 is 0. The maximum absolute atomic E-state index is 13.2. The van der Waals surface area contributed by atoms with Gasteiger partial charge in [-0.25, -0.2) is 0 Å². The molecule has 0 saturated carbocycles. The first-order valence-electron chi connectivity index (χ1n) is 9.44. The highest BCUT2D eigenvalue weighted by Gasteiger charge is 2.41. The average Bonchev–Trinajstić information content (AvgIpc) is 3.26. The second-order valence-electron chi connectivity index (χ2n) is 6.98. The molecule has 1 N–H and O–H groups in total. The van der Waals surface area contributed by atoms with E-state index in [0.29, 0.717) is 29.5 Å². The van der Waals surface area contributed by atoms with Crippen LogP contribution >= 0.6 is 23.4 Å². The van der Waals surface area contributed by atoms with Gasteiger partial charge in [-0.15, -0.1) is 11.8 Å². The summed E-state index contributed by atoms with van der Waals surface area (Å²) in [6.45, 7) is 1.20. The third-order valence-electron chi connectivity index (χ3n) is 4.96. The lowest BCUT2D eigenvalue weighted by Crippen LogP contribution is -2.51. The van der Waals surface area contributed by atoms with Crippen LogP contribution in [-0.4, -0.2) is 47.5 Å². The molecule has 2 aromatic rings. The van der Waals surface area contributed by atoms with Crippen molar-refractivity contribution in [1.82, 2.24) is 4.90 Å². The highest BCUT2D eigenvalue weighted by molar-refractivity contribution is 8.01. The number of para-hydroxylation sites is 1. The van der Waals surface area contributed by atoms with Crippen LogP contribution in [0, 0.1) is 0 Å². The minimum atomic E-state index is -0.855. The van der Waals surface area contributed by atoms with Crippen molar-refractivity contribution in [2.45, 2.75) is 23.0 Å². The number of carbonyl (C=O) groups excluding carboxylic acids is 3. The number of amides is 3. The molecule has 6 nitrogen and oxygen atoms in total. The van der Waals surface area contributed by atoms with Gasteiger partial charge >= 0.3 is 0 Å². The number of hydrogen-bond acceptors (Lipinski definition) is 4. The second kappa shape index (κ2) is 8.47. The van der Waals surface area contributed by atoms with Gasteiger partial charge in [0, 0.05) is 28.7 Å². The number of anilines is 2. The minimum absolute atomic E-state index is 0.164. The Bertz CT molecular complexity index is 944. The van der Waals surface area contributed by atoms with Crippen LogP contribution in [0.4, 0.5) is 11.4 Å². The Balaban J connectivity index is 1.55.